The van der Waals surface area contributed by atoms with Gasteiger partial charge in [-0.1, -0.05) is 23.2 Å². The summed E-state index contributed by atoms with van der Waals surface area (Å²) in [5, 5.41) is 30.2. The molecule has 162 valence electrons. The first-order valence-electron chi connectivity index (χ1n) is 9.38. The number of hydrogen-bond acceptors (Lipinski definition) is 6. The highest BCUT2D eigenvalue weighted by atomic mass is 35.5. The van der Waals surface area contributed by atoms with Crippen LogP contribution in [-0.2, 0) is 0 Å². The first kappa shape index (κ1) is 24.1. The smallest absolute Gasteiger partial charge is 0.335 e. The average Bonchev–Trinajstić information content (AvgIpc) is 3.14. The van der Waals surface area contributed by atoms with Gasteiger partial charge >= 0.3 is 5.97 Å². The largest absolute Gasteiger partial charge is 0.478 e. The van der Waals surface area contributed by atoms with Gasteiger partial charge in [-0.25, -0.2) is 9.78 Å². The number of oxazole rings is 1. The molecule has 1 unspecified atom stereocenters. The standard InChI is InChI=1S/C14H7Cl2NO3.C7H17NO2/c15-9-3-8(4-10(16)6-9)13-17-11-2-1-7(14(18)19)5-12(11)20-13;1-8-5-3-2-4-7(10)6-9/h1-6H,(H,18,19);7-10H,2-6H2,1H3. The van der Waals surface area contributed by atoms with E-state index in [0.717, 1.165) is 19.4 Å². The molecule has 0 saturated heterocycles. The molecule has 7 nitrogen and oxygen atoms in total. The lowest BCUT2D eigenvalue weighted by Gasteiger charge is -2.05. The Bertz CT molecular complexity index is 957. The van der Waals surface area contributed by atoms with Crippen LogP contribution in [0.5, 0.6) is 0 Å². The Morgan fingerprint density at radius 1 is 1.17 bits per heavy atom. The Labute approximate surface area is 184 Å². The van der Waals surface area contributed by atoms with Gasteiger partial charge < -0.3 is 25.1 Å². The number of carboxylic acids is 1. The van der Waals surface area contributed by atoms with E-state index in [1.807, 2.05) is 7.05 Å². The van der Waals surface area contributed by atoms with Gasteiger partial charge in [0.25, 0.3) is 0 Å². The van der Waals surface area contributed by atoms with Crippen molar-refractivity contribution in [1.29, 1.82) is 0 Å². The number of aliphatic hydroxyl groups is 2. The quantitative estimate of drug-likeness (QED) is 0.376. The maximum absolute atomic E-state index is 10.9. The number of aromatic carboxylic acids is 1. The zero-order valence-electron chi connectivity index (χ0n) is 16.4. The molecule has 0 bridgehead atoms. The number of carbonyl (C=O) groups is 1. The fourth-order valence-electron chi connectivity index (χ4n) is 2.63. The highest BCUT2D eigenvalue weighted by Crippen LogP contribution is 2.29. The van der Waals surface area contributed by atoms with Crippen molar-refractivity contribution in [2.75, 3.05) is 20.2 Å². The fraction of sp³-hybridized carbons (Fsp3) is 0.333. The lowest BCUT2D eigenvalue weighted by molar-refractivity contribution is 0.0697. The van der Waals surface area contributed by atoms with Gasteiger partial charge in [0.2, 0.25) is 5.89 Å². The average molecular weight is 455 g/mol. The second-order valence-corrected chi connectivity index (χ2v) is 7.47. The molecule has 3 aromatic rings. The molecule has 4 N–H and O–H groups in total. The summed E-state index contributed by atoms with van der Waals surface area (Å²) >= 11 is 11.9. The molecule has 0 spiro atoms. The fourth-order valence-corrected chi connectivity index (χ4v) is 3.16. The van der Waals surface area contributed by atoms with Crippen molar-refractivity contribution in [3.05, 3.63) is 52.0 Å². The highest BCUT2D eigenvalue weighted by Gasteiger charge is 2.12. The van der Waals surface area contributed by atoms with E-state index in [4.69, 9.17) is 42.9 Å². The summed E-state index contributed by atoms with van der Waals surface area (Å²) in [6, 6.07) is 9.46. The van der Waals surface area contributed by atoms with Crippen LogP contribution in [0.15, 0.2) is 40.8 Å². The van der Waals surface area contributed by atoms with Crippen LogP contribution in [0.4, 0.5) is 0 Å². The maximum Gasteiger partial charge on any atom is 0.335 e. The van der Waals surface area contributed by atoms with E-state index in [9.17, 15) is 4.79 Å². The molecule has 0 aliphatic heterocycles. The van der Waals surface area contributed by atoms with E-state index in [2.05, 4.69) is 10.3 Å². The zero-order valence-corrected chi connectivity index (χ0v) is 18.0. The lowest BCUT2D eigenvalue weighted by atomic mass is 10.1. The van der Waals surface area contributed by atoms with E-state index in [0.29, 0.717) is 39.0 Å². The Kier molecular flexibility index (Phi) is 9.55. The molecule has 0 fully saturated rings. The topological polar surface area (TPSA) is 116 Å². The molecule has 2 aromatic carbocycles. The second kappa shape index (κ2) is 11.9. The van der Waals surface area contributed by atoms with Crippen molar-refractivity contribution < 1.29 is 24.5 Å². The summed E-state index contributed by atoms with van der Waals surface area (Å²) in [5.41, 5.74) is 1.75. The first-order chi connectivity index (χ1) is 14.3. The summed E-state index contributed by atoms with van der Waals surface area (Å²) < 4.78 is 5.56. The molecule has 1 heterocycles. The molecular formula is C21H24Cl2N2O5. The molecule has 3 rings (SSSR count). The lowest BCUT2D eigenvalue weighted by Crippen LogP contribution is -2.13. The molecule has 9 heteroatoms. The number of benzene rings is 2. The van der Waals surface area contributed by atoms with E-state index >= 15 is 0 Å². The van der Waals surface area contributed by atoms with Gasteiger partial charge in [-0.05, 0) is 69.3 Å². The number of aromatic nitrogens is 1. The third-order valence-electron chi connectivity index (χ3n) is 4.17. The molecule has 1 atom stereocenters. The van der Waals surface area contributed by atoms with E-state index < -0.39 is 12.1 Å². The van der Waals surface area contributed by atoms with Crippen LogP contribution in [0.25, 0.3) is 22.6 Å². The molecule has 0 saturated carbocycles. The van der Waals surface area contributed by atoms with Crippen molar-refractivity contribution in [3.63, 3.8) is 0 Å². The monoisotopic (exact) mass is 454 g/mol. The number of unbranched alkanes of at least 4 members (excludes halogenated alkanes) is 1. The van der Waals surface area contributed by atoms with Crippen LogP contribution in [0.1, 0.15) is 29.6 Å². The molecule has 0 aliphatic rings. The number of halogens is 2. The molecule has 0 amide bonds. The van der Waals surface area contributed by atoms with Crippen LogP contribution in [0, 0.1) is 0 Å². The Morgan fingerprint density at radius 2 is 1.87 bits per heavy atom. The highest BCUT2D eigenvalue weighted by molar-refractivity contribution is 6.35. The van der Waals surface area contributed by atoms with Crippen LogP contribution in [-0.4, -0.2) is 52.6 Å². The summed E-state index contributed by atoms with van der Waals surface area (Å²) in [7, 11) is 1.91. The van der Waals surface area contributed by atoms with Gasteiger partial charge in [0.15, 0.2) is 5.58 Å². The minimum absolute atomic E-state index is 0.112. The van der Waals surface area contributed by atoms with Crippen molar-refractivity contribution in [2.24, 2.45) is 0 Å². The molecule has 0 aliphatic carbocycles. The van der Waals surface area contributed by atoms with Crippen molar-refractivity contribution >= 4 is 40.3 Å². The summed E-state index contributed by atoms with van der Waals surface area (Å²) in [6.45, 7) is 0.873. The van der Waals surface area contributed by atoms with Crippen molar-refractivity contribution in [3.8, 4) is 11.5 Å². The SMILES string of the molecule is CNCCCCC(O)CO.O=C(O)c1ccc2nc(-c3cc(Cl)cc(Cl)c3)oc2c1. The summed E-state index contributed by atoms with van der Waals surface area (Å²) in [4.78, 5) is 15.2. The number of hydrogen-bond donors (Lipinski definition) is 4. The zero-order chi connectivity index (χ0) is 22.1. The van der Waals surface area contributed by atoms with Gasteiger partial charge in [-0.15, -0.1) is 0 Å². The number of aliphatic hydroxyl groups excluding tert-OH is 2. The second-order valence-electron chi connectivity index (χ2n) is 6.60. The van der Waals surface area contributed by atoms with Crippen LogP contribution in [0.3, 0.4) is 0 Å². The normalized spacial score (nSPS) is 11.8. The number of nitrogens with one attached hydrogen (secondary N) is 1. The van der Waals surface area contributed by atoms with Crippen molar-refractivity contribution in [1.82, 2.24) is 10.3 Å². The number of rotatable bonds is 8. The number of fused-ring (bicyclic) bond motifs is 1. The van der Waals surface area contributed by atoms with Crippen LogP contribution in [0.2, 0.25) is 10.0 Å². The van der Waals surface area contributed by atoms with Gasteiger partial charge in [0.1, 0.15) is 5.52 Å². The predicted octanol–water partition coefficient (Wildman–Crippen LogP) is 4.23. The first-order valence-corrected chi connectivity index (χ1v) is 10.1. The van der Waals surface area contributed by atoms with E-state index in [-0.39, 0.29) is 12.2 Å². The van der Waals surface area contributed by atoms with Gasteiger partial charge in [-0.2, -0.15) is 0 Å². The van der Waals surface area contributed by atoms with E-state index in [1.165, 1.54) is 12.1 Å². The molecule has 1 aromatic heterocycles. The van der Waals surface area contributed by atoms with Gasteiger partial charge in [0.05, 0.1) is 18.3 Å². The van der Waals surface area contributed by atoms with Gasteiger partial charge in [-0.3, -0.25) is 0 Å². The van der Waals surface area contributed by atoms with Gasteiger partial charge in [0, 0.05) is 15.6 Å². The molecular weight excluding hydrogens is 431 g/mol. The Hall–Kier alpha value is -2.16. The van der Waals surface area contributed by atoms with Crippen LogP contribution >= 0.6 is 23.2 Å². The third-order valence-corrected chi connectivity index (χ3v) is 4.61. The van der Waals surface area contributed by atoms with Crippen molar-refractivity contribution in [2.45, 2.75) is 25.4 Å². The molecule has 30 heavy (non-hydrogen) atoms. The summed E-state index contributed by atoms with van der Waals surface area (Å²) in [5.74, 6) is -0.678. The molecule has 0 radical (unpaired) electrons. The number of carboxylic acid groups (broad SMARTS) is 1. The minimum atomic E-state index is -1.02. The Morgan fingerprint density at radius 3 is 2.47 bits per heavy atom. The predicted molar refractivity (Wildman–Crippen MR) is 117 cm³/mol. The van der Waals surface area contributed by atoms with E-state index in [1.54, 1.807) is 24.3 Å². The third kappa shape index (κ3) is 7.27. The van der Waals surface area contributed by atoms with Crippen LogP contribution < -0.4 is 5.32 Å². The number of nitrogens with zero attached hydrogens (tertiary/aromatic N) is 1. The minimum Gasteiger partial charge on any atom is -0.478 e. The Balaban J connectivity index is 0.000000274. The summed E-state index contributed by atoms with van der Waals surface area (Å²) in [6.07, 6.45) is 2.23. The maximum atomic E-state index is 10.9.